The van der Waals surface area contributed by atoms with E-state index in [1.165, 1.54) is 0 Å². The van der Waals surface area contributed by atoms with Crippen molar-refractivity contribution in [1.82, 2.24) is 4.57 Å². The lowest BCUT2D eigenvalue weighted by molar-refractivity contribution is 0.0969. The molecule has 1 N–H and O–H groups in total. The number of benzene rings is 3. The number of rotatable bonds is 6. The molecular weight excluding hydrogens is 458 g/mol. The number of hydrogen-bond donors (Lipinski definition) is 1. The van der Waals surface area contributed by atoms with Gasteiger partial charge in [0.15, 0.2) is 0 Å². The van der Waals surface area contributed by atoms with Gasteiger partial charge in [-0.3, -0.25) is 4.79 Å². The fraction of sp³-hybridized carbons (Fsp3) is 0.172. The minimum Gasteiger partial charge on any atom is -0.376 e. The van der Waals surface area contributed by atoms with Gasteiger partial charge in [-0.1, -0.05) is 72.3 Å². The van der Waals surface area contributed by atoms with Crippen molar-refractivity contribution < 1.29 is 9.53 Å². The van der Waals surface area contributed by atoms with E-state index in [0.29, 0.717) is 28.5 Å². The number of aromatic nitrogens is 1. The standard InChI is InChI=1S/C29H24ClN3O2/c30-23-15-13-22(14-16-23)29(34)32-28-25(18-31)26(20-8-3-1-4-9-20)27(21-10-5-2-6-11-21)33(28)19-24-12-7-17-35-24/h1-6,8-11,13-16,24H,7,12,17,19H2,(H,32,34)/t24-/m0/s1. The van der Waals surface area contributed by atoms with Crippen molar-refractivity contribution in [2.75, 3.05) is 11.9 Å². The van der Waals surface area contributed by atoms with E-state index in [1.807, 2.05) is 65.2 Å². The number of anilines is 1. The molecule has 1 aromatic heterocycles. The van der Waals surface area contributed by atoms with Crippen molar-refractivity contribution >= 4 is 23.3 Å². The molecule has 6 heteroatoms. The van der Waals surface area contributed by atoms with E-state index in [1.54, 1.807) is 24.3 Å². The lowest BCUT2D eigenvalue weighted by Crippen LogP contribution is -2.21. The molecular formula is C29H24ClN3O2. The Labute approximate surface area is 209 Å². The minimum atomic E-state index is -0.302. The highest BCUT2D eigenvalue weighted by Gasteiger charge is 2.29. The molecule has 1 aliphatic heterocycles. The molecule has 0 spiro atoms. The van der Waals surface area contributed by atoms with Crippen molar-refractivity contribution in [2.45, 2.75) is 25.5 Å². The molecule has 4 aromatic rings. The van der Waals surface area contributed by atoms with Crippen LogP contribution in [0.4, 0.5) is 5.82 Å². The maximum Gasteiger partial charge on any atom is 0.256 e. The summed E-state index contributed by atoms with van der Waals surface area (Å²) >= 11 is 6.01. The first-order chi connectivity index (χ1) is 17.2. The highest BCUT2D eigenvalue weighted by atomic mass is 35.5. The molecule has 35 heavy (non-hydrogen) atoms. The predicted octanol–water partition coefficient (Wildman–Crippen LogP) is 6.78. The molecule has 1 amide bonds. The first-order valence-electron chi connectivity index (χ1n) is 11.6. The summed E-state index contributed by atoms with van der Waals surface area (Å²) in [7, 11) is 0. The van der Waals surface area contributed by atoms with Crippen molar-refractivity contribution in [3.8, 4) is 28.5 Å². The Morgan fingerprint density at radius 2 is 1.66 bits per heavy atom. The summed E-state index contributed by atoms with van der Waals surface area (Å²) in [5.41, 5.74) is 4.45. The number of halogens is 1. The summed E-state index contributed by atoms with van der Waals surface area (Å²) in [5, 5.41) is 14.0. The zero-order valence-electron chi connectivity index (χ0n) is 19.1. The normalized spacial score (nSPS) is 15.0. The van der Waals surface area contributed by atoms with Gasteiger partial charge in [0.25, 0.3) is 5.91 Å². The Hall–Kier alpha value is -3.85. The smallest absolute Gasteiger partial charge is 0.256 e. The fourth-order valence-electron chi connectivity index (χ4n) is 4.59. The zero-order valence-corrected chi connectivity index (χ0v) is 19.8. The zero-order chi connectivity index (χ0) is 24.2. The van der Waals surface area contributed by atoms with E-state index in [4.69, 9.17) is 16.3 Å². The van der Waals surface area contributed by atoms with Gasteiger partial charge in [-0.15, -0.1) is 0 Å². The van der Waals surface area contributed by atoms with Crippen LogP contribution in [0.3, 0.4) is 0 Å². The predicted molar refractivity (Wildman–Crippen MR) is 138 cm³/mol. The van der Waals surface area contributed by atoms with Gasteiger partial charge in [0, 0.05) is 22.8 Å². The molecule has 0 aliphatic carbocycles. The van der Waals surface area contributed by atoms with Crippen LogP contribution in [0, 0.1) is 11.3 Å². The topological polar surface area (TPSA) is 67.1 Å². The second kappa shape index (κ2) is 10.2. The molecule has 2 heterocycles. The van der Waals surface area contributed by atoms with E-state index in [2.05, 4.69) is 11.4 Å². The van der Waals surface area contributed by atoms with Gasteiger partial charge in [-0.05, 0) is 48.2 Å². The Balaban J connectivity index is 1.72. The van der Waals surface area contributed by atoms with Crippen LogP contribution in [0.5, 0.6) is 0 Å². The molecule has 174 valence electrons. The minimum absolute atomic E-state index is 0.00575. The lowest BCUT2D eigenvalue weighted by Gasteiger charge is -2.18. The summed E-state index contributed by atoms with van der Waals surface area (Å²) in [6.07, 6.45) is 1.93. The monoisotopic (exact) mass is 481 g/mol. The Bertz CT molecular complexity index is 1370. The van der Waals surface area contributed by atoms with Crippen molar-refractivity contribution in [3.05, 3.63) is 101 Å². The SMILES string of the molecule is N#Cc1c(-c2ccccc2)c(-c2ccccc2)n(C[C@@H]2CCCO2)c1NC(=O)c1ccc(Cl)cc1. The second-order valence-electron chi connectivity index (χ2n) is 8.50. The van der Waals surface area contributed by atoms with Crippen molar-refractivity contribution in [2.24, 2.45) is 0 Å². The molecule has 0 bridgehead atoms. The molecule has 1 aliphatic rings. The van der Waals surface area contributed by atoms with Gasteiger partial charge in [0.1, 0.15) is 17.5 Å². The van der Waals surface area contributed by atoms with Crippen LogP contribution < -0.4 is 5.32 Å². The second-order valence-corrected chi connectivity index (χ2v) is 8.93. The molecule has 1 atom stereocenters. The van der Waals surface area contributed by atoms with E-state index < -0.39 is 0 Å². The average molecular weight is 482 g/mol. The molecule has 0 unspecified atom stereocenters. The molecule has 0 radical (unpaired) electrons. The van der Waals surface area contributed by atoms with Crippen LogP contribution in [0.25, 0.3) is 22.4 Å². The summed E-state index contributed by atoms with van der Waals surface area (Å²) in [4.78, 5) is 13.3. The van der Waals surface area contributed by atoms with Gasteiger partial charge in [-0.25, -0.2) is 0 Å². The molecule has 0 saturated carbocycles. The summed E-state index contributed by atoms with van der Waals surface area (Å²) in [5.74, 6) is 0.170. The maximum atomic E-state index is 13.3. The van der Waals surface area contributed by atoms with E-state index >= 15 is 0 Å². The van der Waals surface area contributed by atoms with Crippen LogP contribution >= 0.6 is 11.6 Å². The summed E-state index contributed by atoms with van der Waals surface area (Å²) in [6.45, 7) is 1.25. The number of amides is 1. The Morgan fingerprint density at radius 3 is 2.26 bits per heavy atom. The third-order valence-corrected chi connectivity index (χ3v) is 6.49. The molecule has 5 nitrogen and oxygen atoms in total. The van der Waals surface area contributed by atoms with Gasteiger partial charge < -0.3 is 14.6 Å². The van der Waals surface area contributed by atoms with E-state index in [9.17, 15) is 10.1 Å². The third-order valence-electron chi connectivity index (χ3n) is 6.23. The van der Waals surface area contributed by atoms with Crippen LogP contribution in [0.2, 0.25) is 5.02 Å². The van der Waals surface area contributed by atoms with Crippen LogP contribution in [-0.4, -0.2) is 23.2 Å². The number of nitrogens with one attached hydrogen (secondary N) is 1. The Kier molecular flexibility index (Phi) is 6.67. The molecule has 3 aromatic carbocycles. The number of nitrogens with zero attached hydrogens (tertiary/aromatic N) is 2. The molecule has 5 rings (SSSR count). The quantitative estimate of drug-likeness (QED) is 0.330. The largest absolute Gasteiger partial charge is 0.376 e. The number of carbonyl (C=O) groups is 1. The summed E-state index contributed by atoms with van der Waals surface area (Å²) in [6, 6.07) is 28.9. The van der Waals surface area contributed by atoms with E-state index in [-0.39, 0.29) is 12.0 Å². The van der Waals surface area contributed by atoms with Crippen molar-refractivity contribution in [1.29, 1.82) is 5.26 Å². The van der Waals surface area contributed by atoms with Crippen LogP contribution in [0.1, 0.15) is 28.8 Å². The van der Waals surface area contributed by atoms with Gasteiger partial charge in [0.2, 0.25) is 0 Å². The number of ether oxygens (including phenoxy) is 1. The number of nitriles is 1. The molecule has 1 saturated heterocycles. The first kappa shape index (κ1) is 22.9. The lowest BCUT2D eigenvalue weighted by atomic mass is 9.98. The van der Waals surface area contributed by atoms with Gasteiger partial charge in [-0.2, -0.15) is 5.26 Å². The highest BCUT2D eigenvalue weighted by molar-refractivity contribution is 6.30. The fourth-order valence-corrected chi connectivity index (χ4v) is 4.72. The highest BCUT2D eigenvalue weighted by Crippen LogP contribution is 2.42. The number of carbonyl (C=O) groups excluding carboxylic acids is 1. The van der Waals surface area contributed by atoms with E-state index in [0.717, 1.165) is 41.8 Å². The van der Waals surface area contributed by atoms with Crippen LogP contribution in [-0.2, 0) is 11.3 Å². The average Bonchev–Trinajstić information content (AvgIpc) is 3.52. The van der Waals surface area contributed by atoms with Crippen LogP contribution in [0.15, 0.2) is 84.9 Å². The Morgan fingerprint density at radius 1 is 1.00 bits per heavy atom. The maximum absolute atomic E-state index is 13.3. The third kappa shape index (κ3) is 4.72. The van der Waals surface area contributed by atoms with Gasteiger partial charge in [0.05, 0.1) is 18.3 Å². The molecule has 1 fully saturated rings. The first-order valence-corrected chi connectivity index (χ1v) is 12.0. The van der Waals surface area contributed by atoms with Gasteiger partial charge >= 0.3 is 0 Å². The van der Waals surface area contributed by atoms with Crippen molar-refractivity contribution in [3.63, 3.8) is 0 Å². The summed E-state index contributed by atoms with van der Waals surface area (Å²) < 4.78 is 8.00. The number of hydrogen-bond acceptors (Lipinski definition) is 3.